The lowest BCUT2D eigenvalue weighted by Gasteiger charge is -2.23. The monoisotopic (exact) mass is 280 g/mol. The Kier molecular flexibility index (Phi) is 4.79. The van der Waals surface area contributed by atoms with E-state index >= 15 is 0 Å². The van der Waals surface area contributed by atoms with Crippen molar-refractivity contribution in [2.75, 3.05) is 7.05 Å². The lowest BCUT2D eigenvalue weighted by molar-refractivity contribution is -0.385. The van der Waals surface area contributed by atoms with Crippen LogP contribution in [-0.4, -0.2) is 39.9 Å². The second-order valence-corrected chi connectivity index (χ2v) is 4.44. The van der Waals surface area contributed by atoms with Gasteiger partial charge in [0.15, 0.2) is 0 Å². The molecule has 7 heteroatoms. The summed E-state index contributed by atoms with van der Waals surface area (Å²) in [6, 6.07) is 3.06. The Morgan fingerprint density at radius 3 is 2.45 bits per heavy atom. The Morgan fingerprint density at radius 1 is 1.45 bits per heavy atom. The molecular formula is C13H16N2O5. The molecule has 1 unspecified atom stereocenters. The molecule has 1 aromatic rings. The van der Waals surface area contributed by atoms with Crippen LogP contribution in [0.15, 0.2) is 18.2 Å². The number of hydrogen-bond donors (Lipinski definition) is 1. The summed E-state index contributed by atoms with van der Waals surface area (Å²) < 4.78 is 0. The van der Waals surface area contributed by atoms with Gasteiger partial charge in [0.05, 0.1) is 4.92 Å². The lowest BCUT2D eigenvalue weighted by Crippen LogP contribution is -2.41. The molecule has 1 amide bonds. The molecule has 20 heavy (non-hydrogen) atoms. The van der Waals surface area contributed by atoms with Crippen LogP contribution < -0.4 is 0 Å². The zero-order valence-corrected chi connectivity index (χ0v) is 11.5. The summed E-state index contributed by atoms with van der Waals surface area (Å²) in [6.07, 6.45) is 0.281. The molecule has 0 aliphatic heterocycles. The molecule has 1 rings (SSSR count). The van der Waals surface area contributed by atoms with Crippen molar-refractivity contribution in [3.05, 3.63) is 39.4 Å². The fourth-order valence-electron chi connectivity index (χ4n) is 1.95. The third-order valence-corrected chi connectivity index (χ3v) is 3.10. The molecule has 1 aromatic carbocycles. The number of benzene rings is 1. The third-order valence-electron chi connectivity index (χ3n) is 3.10. The molecule has 0 aliphatic carbocycles. The smallest absolute Gasteiger partial charge is 0.326 e. The topological polar surface area (TPSA) is 101 Å². The molecule has 1 N–H and O–H groups in total. The maximum Gasteiger partial charge on any atom is 0.326 e. The highest BCUT2D eigenvalue weighted by Gasteiger charge is 2.26. The molecule has 0 aliphatic rings. The van der Waals surface area contributed by atoms with Crippen LogP contribution in [0, 0.1) is 17.0 Å². The van der Waals surface area contributed by atoms with Gasteiger partial charge in [-0.2, -0.15) is 0 Å². The first-order chi connectivity index (χ1) is 9.29. The van der Waals surface area contributed by atoms with Gasteiger partial charge in [0, 0.05) is 24.2 Å². The van der Waals surface area contributed by atoms with Gasteiger partial charge in [0.25, 0.3) is 11.6 Å². The molecular weight excluding hydrogens is 264 g/mol. The largest absolute Gasteiger partial charge is 0.480 e. The highest BCUT2D eigenvalue weighted by molar-refractivity contribution is 5.96. The SMILES string of the molecule is CCC(C(=O)O)N(C)C(=O)c1ccc([N+](=O)[O-])c(C)c1. The van der Waals surface area contributed by atoms with Crippen LogP contribution in [-0.2, 0) is 4.79 Å². The Bertz CT molecular complexity index is 556. The highest BCUT2D eigenvalue weighted by atomic mass is 16.6. The fourth-order valence-corrected chi connectivity index (χ4v) is 1.95. The van der Waals surface area contributed by atoms with Gasteiger partial charge in [0.2, 0.25) is 0 Å². The molecule has 7 nitrogen and oxygen atoms in total. The maximum absolute atomic E-state index is 12.2. The van der Waals surface area contributed by atoms with Gasteiger partial charge in [-0.25, -0.2) is 4.79 Å². The Balaban J connectivity index is 3.06. The van der Waals surface area contributed by atoms with E-state index in [0.29, 0.717) is 5.56 Å². The number of aryl methyl sites for hydroxylation is 1. The Hall–Kier alpha value is -2.44. The summed E-state index contributed by atoms with van der Waals surface area (Å²) in [5, 5.41) is 19.7. The maximum atomic E-state index is 12.2. The average molecular weight is 280 g/mol. The van der Waals surface area contributed by atoms with Crippen molar-refractivity contribution in [2.45, 2.75) is 26.3 Å². The van der Waals surface area contributed by atoms with Gasteiger partial charge in [0.1, 0.15) is 6.04 Å². The number of carboxylic acids is 1. The number of carboxylic acid groups (broad SMARTS) is 1. The second kappa shape index (κ2) is 6.14. The number of likely N-dealkylation sites (N-methyl/N-ethyl adjacent to an activating group) is 1. The number of nitrogens with zero attached hydrogens (tertiary/aromatic N) is 2. The molecule has 108 valence electrons. The first-order valence-electron chi connectivity index (χ1n) is 6.04. The quantitative estimate of drug-likeness (QED) is 0.655. The van der Waals surface area contributed by atoms with Crippen LogP contribution >= 0.6 is 0 Å². The molecule has 1 atom stereocenters. The molecule has 0 saturated carbocycles. The van der Waals surface area contributed by atoms with Crippen LogP contribution in [0.25, 0.3) is 0 Å². The third kappa shape index (κ3) is 3.11. The average Bonchev–Trinajstić information content (AvgIpc) is 2.37. The van der Waals surface area contributed by atoms with Crippen LogP contribution in [0.5, 0.6) is 0 Å². The van der Waals surface area contributed by atoms with Crippen molar-refractivity contribution in [3.8, 4) is 0 Å². The summed E-state index contributed by atoms with van der Waals surface area (Å²) in [4.78, 5) is 34.5. The summed E-state index contributed by atoms with van der Waals surface area (Å²) in [5.74, 6) is -1.56. The normalized spacial score (nSPS) is 11.8. The first kappa shape index (κ1) is 15.6. The van der Waals surface area contributed by atoms with E-state index in [0.717, 1.165) is 4.90 Å². The van der Waals surface area contributed by atoms with Crippen molar-refractivity contribution in [1.82, 2.24) is 4.90 Å². The van der Waals surface area contributed by atoms with E-state index in [1.807, 2.05) is 0 Å². The standard InChI is InChI=1S/C13H16N2O5/c1-4-10(13(17)18)14(3)12(16)9-5-6-11(15(19)20)8(2)7-9/h5-7,10H,4H2,1-3H3,(H,17,18). The first-order valence-corrected chi connectivity index (χ1v) is 6.04. The summed E-state index contributed by atoms with van der Waals surface area (Å²) in [7, 11) is 1.40. The molecule has 0 radical (unpaired) electrons. The fraction of sp³-hybridized carbons (Fsp3) is 0.385. The van der Waals surface area contributed by atoms with E-state index in [-0.39, 0.29) is 17.7 Å². The van der Waals surface area contributed by atoms with E-state index in [2.05, 4.69) is 0 Å². The number of aliphatic carboxylic acids is 1. The summed E-state index contributed by atoms with van der Waals surface area (Å²) >= 11 is 0. The molecule has 0 aromatic heterocycles. The van der Waals surface area contributed by atoms with Gasteiger partial charge in [-0.15, -0.1) is 0 Å². The van der Waals surface area contributed by atoms with Crippen LogP contribution in [0.4, 0.5) is 5.69 Å². The van der Waals surface area contributed by atoms with Crippen molar-refractivity contribution in [2.24, 2.45) is 0 Å². The van der Waals surface area contributed by atoms with Crippen molar-refractivity contribution >= 4 is 17.6 Å². The lowest BCUT2D eigenvalue weighted by atomic mass is 10.1. The minimum atomic E-state index is -1.08. The van der Waals surface area contributed by atoms with E-state index < -0.39 is 22.8 Å². The zero-order valence-electron chi connectivity index (χ0n) is 11.5. The predicted octanol–water partition coefficient (Wildman–Crippen LogP) is 1.84. The molecule has 0 bridgehead atoms. The number of hydrogen-bond acceptors (Lipinski definition) is 4. The molecule has 0 heterocycles. The highest BCUT2D eigenvalue weighted by Crippen LogP contribution is 2.20. The number of nitro benzene ring substituents is 1. The van der Waals surface area contributed by atoms with Crippen LogP contribution in [0.3, 0.4) is 0 Å². The molecule has 0 saturated heterocycles. The predicted molar refractivity (Wildman–Crippen MR) is 71.6 cm³/mol. The number of rotatable bonds is 5. The van der Waals surface area contributed by atoms with E-state index in [9.17, 15) is 19.7 Å². The van der Waals surface area contributed by atoms with Gasteiger partial charge < -0.3 is 10.0 Å². The number of carbonyl (C=O) groups excluding carboxylic acids is 1. The summed E-state index contributed by atoms with van der Waals surface area (Å²) in [6.45, 7) is 3.20. The number of amides is 1. The zero-order chi connectivity index (χ0) is 15.4. The van der Waals surface area contributed by atoms with Crippen molar-refractivity contribution in [1.29, 1.82) is 0 Å². The van der Waals surface area contributed by atoms with Crippen LogP contribution in [0.2, 0.25) is 0 Å². The summed E-state index contributed by atoms with van der Waals surface area (Å²) in [5.41, 5.74) is 0.516. The number of nitro groups is 1. The van der Waals surface area contributed by atoms with Gasteiger partial charge in [-0.3, -0.25) is 14.9 Å². The number of carbonyl (C=O) groups is 2. The van der Waals surface area contributed by atoms with Gasteiger partial charge in [-0.05, 0) is 25.5 Å². The van der Waals surface area contributed by atoms with Crippen molar-refractivity contribution < 1.29 is 19.6 Å². The minimum Gasteiger partial charge on any atom is -0.480 e. The minimum absolute atomic E-state index is 0.0746. The van der Waals surface area contributed by atoms with Gasteiger partial charge in [-0.1, -0.05) is 6.92 Å². The van der Waals surface area contributed by atoms with Crippen molar-refractivity contribution in [3.63, 3.8) is 0 Å². The van der Waals surface area contributed by atoms with Crippen LogP contribution in [0.1, 0.15) is 29.3 Å². The second-order valence-electron chi connectivity index (χ2n) is 4.44. The van der Waals surface area contributed by atoms with Gasteiger partial charge >= 0.3 is 5.97 Å². The van der Waals surface area contributed by atoms with E-state index in [1.54, 1.807) is 6.92 Å². The molecule has 0 fully saturated rings. The Morgan fingerprint density at radius 2 is 2.05 bits per heavy atom. The van der Waals surface area contributed by atoms with E-state index in [1.165, 1.54) is 32.2 Å². The Labute approximate surface area is 116 Å². The molecule has 0 spiro atoms. The van der Waals surface area contributed by atoms with E-state index in [4.69, 9.17) is 5.11 Å².